The number of ether oxygens (including phenoxy) is 1. The molecule has 1 N–H and O–H groups in total. The lowest BCUT2D eigenvalue weighted by atomic mass is 9.94. The van der Waals surface area contributed by atoms with Crippen LogP contribution in [0.1, 0.15) is 39.0 Å². The summed E-state index contributed by atoms with van der Waals surface area (Å²) >= 11 is 1.96. The zero-order valence-corrected chi connectivity index (χ0v) is 11.3. The third kappa shape index (κ3) is 4.74. The minimum absolute atomic E-state index is 0.128. The highest BCUT2D eigenvalue weighted by Crippen LogP contribution is 2.27. The molecule has 0 aliphatic heterocycles. The maximum atomic E-state index is 11.1. The summed E-state index contributed by atoms with van der Waals surface area (Å²) in [4.78, 5) is 11.1. The number of carbonyl (C=O) groups is 1. The smallest absolute Gasteiger partial charge is 0.307 e. The molecule has 0 aromatic rings. The Morgan fingerprint density at radius 3 is 2.94 bits per heavy atom. The van der Waals surface area contributed by atoms with E-state index in [1.807, 2.05) is 11.8 Å². The van der Waals surface area contributed by atoms with Crippen LogP contribution in [0.15, 0.2) is 0 Å². The van der Waals surface area contributed by atoms with Gasteiger partial charge in [0.25, 0.3) is 0 Å². The van der Waals surface area contributed by atoms with E-state index in [2.05, 4.69) is 23.2 Å². The molecule has 0 radical (unpaired) electrons. The van der Waals surface area contributed by atoms with E-state index in [1.54, 1.807) is 0 Å². The molecule has 0 spiro atoms. The average Bonchev–Trinajstić information content (AvgIpc) is 2.28. The summed E-state index contributed by atoms with van der Waals surface area (Å²) in [6, 6.07) is 0.795. The fourth-order valence-electron chi connectivity index (χ4n) is 2.31. The van der Waals surface area contributed by atoms with Gasteiger partial charge < -0.3 is 10.1 Å². The van der Waals surface area contributed by atoms with Crippen molar-refractivity contribution < 1.29 is 9.53 Å². The Bertz CT molecular complexity index is 223. The van der Waals surface area contributed by atoms with Crippen LogP contribution < -0.4 is 5.32 Å². The van der Waals surface area contributed by atoms with Crippen molar-refractivity contribution in [3.63, 3.8) is 0 Å². The van der Waals surface area contributed by atoms with Crippen LogP contribution in [0.2, 0.25) is 0 Å². The Balaban J connectivity index is 2.27. The summed E-state index contributed by atoms with van der Waals surface area (Å²) in [5.74, 6) is -0.128. The first-order valence-electron chi connectivity index (χ1n) is 6.01. The van der Waals surface area contributed by atoms with Crippen LogP contribution in [0.25, 0.3) is 0 Å². The molecule has 1 aliphatic rings. The number of hydrogen-bond donors (Lipinski definition) is 1. The number of thioether (sulfide) groups is 1. The maximum Gasteiger partial charge on any atom is 0.307 e. The second-order valence-electron chi connectivity index (χ2n) is 4.57. The fourth-order valence-corrected chi connectivity index (χ4v) is 3.13. The number of methoxy groups -OCH3 is 1. The lowest BCUT2D eigenvalue weighted by molar-refractivity contribution is -0.141. The van der Waals surface area contributed by atoms with E-state index in [9.17, 15) is 4.79 Å². The van der Waals surface area contributed by atoms with Crippen LogP contribution in [0.4, 0.5) is 0 Å². The number of hydrogen-bond acceptors (Lipinski definition) is 4. The highest BCUT2D eigenvalue weighted by Gasteiger charge is 2.22. The van der Waals surface area contributed by atoms with Gasteiger partial charge in [0.05, 0.1) is 13.5 Å². The first kappa shape index (κ1) is 13.8. The van der Waals surface area contributed by atoms with Gasteiger partial charge in [-0.05, 0) is 32.4 Å². The van der Waals surface area contributed by atoms with Crippen molar-refractivity contribution in [1.29, 1.82) is 0 Å². The van der Waals surface area contributed by atoms with E-state index < -0.39 is 0 Å². The molecule has 3 nitrogen and oxygen atoms in total. The predicted octanol–water partition coefficient (Wildman–Crippen LogP) is 2.20. The second-order valence-corrected chi connectivity index (χ2v) is 5.71. The Hall–Kier alpha value is -0.220. The van der Waals surface area contributed by atoms with Crippen molar-refractivity contribution in [2.45, 2.75) is 56.4 Å². The van der Waals surface area contributed by atoms with Crippen LogP contribution in [0, 0.1) is 0 Å². The SMILES string of the molecule is COC(=O)CC(C)NC1CCCC(SC)C1. The number of rotatable bonds is 5. The zero-order chi connectivity index (χ0) is 12.0. The van der Waals surface area contributed by atoms with Crippen molar-refractivity contribution in [2.24, 2.45) is 0 Å². The van der Waals surface area contributed by atoms with Crippen LogP contribution >= 0.6 is 11.8 Å². The average molecular weight is 245 g/mol. The predicted molar refractivity (Wildman–Crippen MR) is 68.8 cm³/mol. The maximum absolute atomic E-state index is 11.1. The molecule has 1 aliphatic carbocycles. The summed E-state index contributed by atoms with van der Waals surface area (Å²) in [5.41, 5.74) is 0. The molecule has 3 atom stereocenters. The van der Waals surface area contributed by atoms with Gasteiger partial charge in [-0.15, -0.1) is 0 Å². The second kappa shape index (κ2) is 7.17. The summed E-state index contributed by atoms with van der Waals surface area (Å²) in [6.45, 7) is 2.06. The zero-order valence-electron chi connectivity index (χ0n) is 10.5. The van der Waals surface area contributed by atoms with Crippen molar-refractivity contribution in [1.82, 2.24) is 5.32 Å². The van der Waals surface area contributed by atoms with Gasteiger partial charge in [0.2, 0.25) is 0 Å². The lowest BCUT2D eigenvalue weighted by Crippen LogP contribution is -2.41. The highest BCUT2D eigenvalue weighted by molar-refractivity contribution is 7.99. The summed E-state index contributed by atoms with van der Waals surface area (Å²) in [7, 11) is 1.44. The Morgan fingerprint density at radius 1 is 1.56 bits per heavy atom. The largest absolute Gasteiger partial charge is 0.469 e. The molecular formula is C12H23NO2S. The van der Waals surface area contributed by atoms with Crippen LogP contribution in [-0.4, -0.2) is 36.7 Å². The molecule has 4 heteroatoms. The number of carbonyl (C=O) groups excluding carboxylic acids is 1. The van der Waals surface area contributed by atoms with Crippen molar-refractivity contribution in [3.8, 4) is 0 Å². The van der Waals surface area contributed by atoms with Gasteiger partial charge in [-0.2, -0.15) is 11.8 Å². The minimum Gasteiger partial charge on any atom is -0.469 e. The molecule has 0 heterocycles. The quantitative estimate of drug-likeness (QED) is 0.754. The Kier molecular flexibility index (Phi) is 6.21. The van der Waals surface area contributed by atoms with Gasteiger partial charge in [0.15, 0.2) is 0 Å². The molecule has 3 unspecified atom stereocenters. The van der Waals surface area contributed by atoms with Crippen LogP contribution in [-0.2, 0) is 9.53 Å². The fraction of sp³-hybridized carbons (Fsp3) is 0.917. The Morgan fingerprint density at radius 2 is 2.31 bits per heavy atom. The van der Waals surface area contributed by atoms with E-state index in [0.717, 1.165) is 5.25 Å². The van der Waals surface area contributed by atoms with Gasteiger partial charge in [-0.3, -0.25) is 4.79 Å². The topological polar surface area (TPSA) is 38.3 Å². The molecule has 1 fully saturated rings. The number of esters is 1. The first-order valence-corrected chi connectivity index (χ1v) is 7.30. The van der Waals surface area contributed by atoms with Crippen molar-refractivity contribution >= 4 is 17.7 Å². The highest BCUT2D eigenvalue weighted by atomic mass is 32.2. The molecule has 0 bridgehead atoms. The van der Waals surface area contributed by atoms with E-state index in [1.165, 1.54) is 32.8 Å². The summed E-state index contributed by atoms with van der Waals surface area (Å²) in [6.07, 6.45) is 7.76. The Labute approximate surface area is 103 Å². The normalized spacial score (nSPS) is 27.4. The third-order valence-corrected chi connectivity index (χ3v) is 4.27. The molecule has 0 aromatic heterocycles. The monoisotopic (exact) mass is 245 g/mol. The molecule has 1 rings (SSSR count). The van der Waals surface area contributed by atoms with E-state index in [0.29, 0.717) is 12.5 Å². The molecule has 0 amide bonds. The lowest BCUT2D eigenvalue weighted by Gasteiger charge is -2.30. The first-order chi connectivity index (χ1) is 7.65. The molecule has 94 valence electrons. The van der Waals surface area contributed by atoms with Crippen LogP contribution in [0.3, 0.4) is 0 Å². The van der Waals surface area contributed by atoms with E-state index >= 15 is 0 Å². The van der Waals surface area contributed by atoms with Gasteiger partial charge in [-0.25, -0.2) is 0 Å². The van der Waals surface area contributed by atoms with Gasteiger partial charge in [-0.1, -0.05) is 6.42 Å². The standard InChI is InChI=1S/C12H23NO2S/c1-9(7-12(14)15-2)13-10-5-4-6-11(8-10)16-3/h9-11,13H,4-8H2,1-3H3. The molecule has 1 saturated carbocycles. The minimum atomic E-state index is -0.128. The van der Waals surface area contributed by atoms with Crippen LogP contribution in [0.5, 0.6) is 0 Å². The summed E-state index contributed by atoms with van der Waals surface area (Å²) < 4.78 is 4.67. The summed E-state index contributed by atoms with van der Waals surface area (Å²) in [5, 5.41) is 4.32. The number of nitrogens with one attached hydrogen (secondary N) is 1. The molecular weight excluding hydrogens is 222 g/mol. The van der Waals surface area contributed by atoms with Gasteiger partial charge in [0, 0.05) is 17.3 Å². The van der Waals surface area contributed by atoms with Crippen molar-refractivity contribution in [3.05, 3.63) is 0 Å². The third-order valence-electron chi connectivity index (χ3n) is 3.18. The van der Waals surface area contributed by atoms with Crippen molar-refractivity contribution in [2.75, 3.05) is 13.4 Å². The van der Waals surface area contributed by atoms with Gasteiger partial charge in [0.1, 0.15) is 0 Å². The van der Waals surface area contributed by atoms with Gasteiger partial charge >= 0.3 is 5.97 Å². The van der Waals surface area contributed by atoms with E-state index in [-0.39, 0.29) is 12.0 Å². The molecule has 16 heavy (non-hydrogen) atoms. The van der Waals surface area contributed by atoms with E-state index in [4.69, 9.17) is 0 Å². The molecule has 0 saturated heterocycles. The molecule has 0 aromatic carbocycles.